The van der Waals surface area contributed by atoms with Gasteiger partial charge in [-0.2, -0.15) is 0 Å². The van der Waals surface area contributed by atoms with Crippen LogP contribution in [0.1, 0.15) is 19.8 Å². The van der Waals surface area contributed by atoms with E-state index in [0.717, 1.165) is 6.42 Å². The van der Waals surface area contributed by atoms with Crippen molar-refractivity contribution < 1.29 is 14.4 Å². The molecule has 0 radical (unpaired) electrons. The van der Waals surface area contributed by atoms with Gasteiger partial charge < -0.3 is 21.3 Å². The van der Waals surface area contributed by atoms with E-state index < -0.39 is 6.03 Å². The van der Waals surface area contributed by atoms with E-state index in [1.807, 2.05) is 0 Å². The van der Waals surface area contributed by atoms with E-state index in [0.29, 0.717) is 35.9 Å². The topological polar surface area (TPSA) is 105 Å². The van der Waals surface area contributed by atoms with Gasteiger partial charge in [-0.15, -0.1) is 0 Å². The number of carbonyl (C=O) groups is 3. The predicted octanol–water partition coefficient (Wildman–Crippen LogP) is 2.03. The Bertz CT molecular complexity index is 635. The summed E-state index contributed by atoms with van der Waals surface area (Å²) in [4.78, 5) is 36.0. The quantitative estimate of drug-likeness (QED) is 0.785. The van der Waals surface area contributed by atoms with Crippen LogP contribution < -0.4 is 16.4 Å². The number of nitrogens with zero attached hydrogens (tertiary/aromatic N) is 1. The van der Waals surface area contributed by atoms with Crippen LogP contribution in [0.4, 0.5) is 16.2 Å². The van der Waals surface area contributed by atoms with Crippen LogP contribution in [0.25, 0.3) is 0 Å². The van der Waals surface area contributed by atoms with Gasteiger partial charge in [0.15, 0.2) is 0 Å². The van der Waals surface area contributed by atoms with Crippen molar-refractivity contribution in [1.29, 1.82) is 0 Å². The van der Waals surface area contributed by atoms with E-state index in [1.165, 1.54) is 11.8 Å². The summed E-state index contributed by atoms with van der Waals surface area (Å²) in [6.07, 6.45) is 1.44. The number of primary amides is 1. The molecule has 2 rings (SSSR count). The van der Waals surface area contributed by atoms with Crippen molar-refractivity contribution in [3.63, 3.8) is 0 Å². The smallest absolute Gasteiger partial charge is 0.314 e. The van der Waals surface area contributed by atoms with Crippen molar-refractivity contribution in [3.05, 3.63) is 23.2 Å². The molecule has 1 atom stereocenters. The lowest BCUT2D eigenvalue weighted by atomic mass is 9.97. The number of urea groups is 1. The van der Waals surface area contributed by atoms with Crippen LogP contribution in [-0.4, -0.2) is 35.8 Å². The summed E-state index contributed by atoms with van der Waals surface area (Å²) in [5.74, 6) is -0.707. The Morgan fingerprint density at radius 1 is 1.30 bits per heavy atom. The van der Waals surface area contributed by atoms with Crippen molar-refractivity contribution in [2.24, 2.45) is 11.7 Å². The van der Waals surface area contributed by atoms with Crippen LogP contribution in [0.5, 0.6) is 0 Å². The predicted molar refractivity (Wildman–Crippen MR) is 88.3 cm³/mol. The number of rotatable bonds is 3. The minimum Gasteiger partial charge on any atom is -0.351 e. The zero-order valence-electron chi connectivity index (χ0n) is 12.8. The van der Waals surface area contributed by atoms with Crippen LogP contribution in [0.15, 0.2) is 18.2 Å². The molecular weight excluding hydrogens is 320 g/mol. The molecule has 0 saturated carbocycles. The second kappa shape index (κ2) is 7.32. The van der Waals surface area contributed by atoms with Gasteiger partial charge in [-0.3, -0.25) is 9.59 Å². The van der Waals surface area contributed by atoms with Crippen molar-refractivity contribution in [2.75, 3.05) is 23.7 Å². The van der Waals surface area contributed by atoms with Gasteiger partial charge in [-0.05, 0) is 31.0 Å². The van der Waals surface area contributed by atoms with Gasteiger partial charge in [0.2, 0.25) is 11.8 Å². The molecule has 124 valence electrons. The average Bonchev–Trinajstić information content (AvgIpc) is 2.49. The highest BCUT2D eigenvalue weighted by Crippen LogP contribution is 2.26. The second-order valence-corrected chi connectivity index (χ2v) is 5.90. The minimum absolute atomic E-state index is 0.181. The Hall–Kier alpha value is -2.28. The first-order valence-corrected chi connectivity index (χ1v) is 7.67. The lowest BCUT2D eigenvalue weighted by Gasteiger charge is -2.30. The molecular formula is C15H19ClN4O3. The molecule has 1 aliphatic rings. The number of amides is 4. The monoisotopic (exact) mass is 338 g/mol. The van der Waals surface area contributed by atoms with Crippen molar-refractivity contribution in [2.45, 2.75) is 19.8 Å². The van der Waals surface area contributed by atoms with Gasteiger partial charge >= 0.3 is 6.03 Å². The third kappa shape index (κ3) is 4.59. The number of hydrogen-bond acceptors (Lipinski definition) is 3. The molecule has 4 amide bonds. The third-order valence-electron chi connectivity index (χ3n) is 3.65. The van der Waals surface area contributed by atoms with E-state index in [1.54, 1.807) is 18.2 Å². The number of halogens is 1. The Kier molecular flexibility index (Phi) is 5.44. The van der Waals surface area contributed by atoms with Crippen LogP contribution in [-0.2, 0) is 9.59 Å². The molecule has 0 unspecified atom stereocenters. The number of anilines is 2. The van der Waals surface area contributed by atoms with E-state index in [9.17, 15) is 14.4 Å². The standard InChI is InChI=1S/C15H19ClN4O3/c1-9(21)18-13-5-4-11(7-12(13)16)19-14(22)10-3-2-6-20(8-10)15(17)23/h4-5,7,10H,2-3,6,8H2,1H3,(H2,17,23)(H,18,21)(H,19,22)/t10-/m1/s1. The maximum Gasteiger partial charge on any atom is 0.314 e. The van der Waals surface area contributed by atoms with Gasteiger partial charge in [0.25, 0.3) is 0 Å². The largest absolute Gasteiger partial charge is 0.351 e. The summed E-state index contributed by atoms with van der Waals surface area (Å²) in [6.45, 7) is 2.29. The fraction of sp³-hybridized carbons (Fsp3) is 0.400. The molecule has 1 aromatic carbocycles. The maximum absolute atomic E-state index is 12.3. The number of nitrogens with one attached hydrogen (secondary N) is 2. The van der Waals surface area contributed by atoms with Crippen molar-refractivity contribution in [1.82, 2.24) is 4.90 Å². The van der Waals surface area contributed by atoms with E-state index in [4.69, 9.17) is 17.3 Å². The fourth-order valence-electron chi connectivity index (χ4n) is 2.52. The van der Waals surface area contributed by atoms with Gasteiger partial charge in [0.1, 0.15) is 0 Å². The molecule has 0 spiro atoms. The summed E-state index contributed by atoms with van der Waals surface area (Å²) in [5, 5.41) is 5.70. The van der Waals surface area contributed by atoms with Crippen molar-refractivity contribution >= 4 is 40.8 Å². The Morgan fingerprint density at radius 3 is 2.65 bits per heavy atom. The first kappa shape index (κ1) is 17.1. The van der Waals surface area contributed by atoms with Gasteiger partial charge in [-0.25, -0.2) is 4.79 Å². The van der Waals surface area contributed by atoms with Crippen LogP contribution in [0, 0.1) is 5.92 Å². The Morgan fingerprint density at radius 2 is 2.04 bits per heavy atom. The summed E-state index contributed by atoms with van der Waals surface area (Å²) >= 11 is 6.07. The van der Waals surface area contributed by atoms with E-state index in [-0.39, 0.29) is 17.7 Å². The van der Waals surface area contributed by atoms with Crippen LogP contribution in [0.3, 0.4) is 0 Å². The average molecular weight is 339 g/mol. The normalized spacial score (nSPS) is 17.5. The van der Waals surface area contributed by atoms with Gasteiger partial charge in [-0.1, -0.05) is 11.6 Å². The van der Waals surface area contributed by atoms with Crippen molar-refractivity contribution in [3.8, 4) is 0 Å². The van der Waals surface area contributed by atoms with Crippen LogP contribution in [0.2, 0.25) is 5.02 Å². The molecule has 1 fully saturated rings. The second-order valence-electron chi connectivity index (χ2n) is 5.49. The number of likely N-dealkylation sites (tertiary alicyclic amines) is 1. The zero-order chi connectivity index (χ0) is 17.0. The highest BCUT2D eigenvalue weighted by Gasteiger charge is 2.27. The van der Waals surface area contributed by atoms with E-state index >= 15 is 0 Å². The number of nitrogens with two attached hydrogens (primary N) is 1. The molecule has 8 heteroatoms. The van der Waals surface area contributed by atoms with Gasteiger partial charge in [0, 0.05) is 25.7 Å². The highest BCUT2D eigenvalue weighted by atomic mass is 35.5. The van der Waals surface area contributed by atoms with Crippen LogP contribution >= 0.6 is 11.6 Å². The summed E-state index contributed by atoms with van der Waals surface area (Å²) in [6, 6.07) is 4.34. The Labute approximate surface area is 139 Å². The third-order valence-corrected chi connectivity index (χ3v) is 3.96. The fourth-order valence-corrected chi connectivity index (χ4v) is 2.75. The molecule has 1 aromatic rings. The molecule has 0 bridgehead atoms. The molecule has 0 aromatic heterocycles. The summed E-state index contributed by atoms with van der Waals surface area (Å²) in [5.41, 5.74) is 6.28. The summed E-state index contributed by atoms with van der Waals surface area (Å²) < 4.78 is 0. The number of benzene rings is 1. The lowest BCUT2D eigenvalue weighted by Crippen LogP contribution is -2.46. The number of hydrogen-bond donors (Lipinski definition) is 3. The molecule has 0 aliphatic carbocycles. The van der Waals surface area contributed by atoms with Gasteiger partial charge in [0.05, 0.1) is 16.6 Å². The molecule has 1 saturated heterocycles. The first-order chi connectivity index (χ1) is 10.9. The SMILES string of the molecule is CC(=O)Nc1ccc(NC(=O)[C@@H]2CCCN(C(N)=O)C2)cc1Cl. The number of carbonyl (C=O) groups excluding carboxylic acids is 3. The molecule has 1 heterocycles. The molecule has 4 N–H and O–H groups in total. The number of piperidine rings is 1. The first-order valence-electron chi connectivity index (χ1n) is 7.29. The van der Waals surface area contributed by atoms with E-state index in [2.05, 4.69) is 10.6 Å². The zero-order valence-corrected chi connectivity index (χ0v) is 13.5. The highest BCUT2D eigenvalue weighted by molar-refractivity contribution is 6.34. The minimum atomic E-state index is -0.509. The maximum atomic E-state index is 12.3. The molecule has 1 aliphatic heterocycles. The molecule has 7 nitrogen and oxygen atoms in total. The lowest BCUT2D eigenvalue weighted by molar-refractivity contribution is -0.121. The molecule has 23 heavy (non-hydrogen) atoms. The Balaban J connectivity index is 2.01. The summed E-state index contributed by atoms with van der Waals surface area (Å²) in [7, 11) is 0.